The third-order valence-electron chi connectivity index (χ3n) is 4.50. The molecule has 4 rings (SSSR count). The number of pyridine rings is 1. The molecule has 8 heteroatoms. The van der Waals surface area contributed by atoms with Crippen molar-refractivity contribution in [1.29, 1.82) is 0 Å². The summed E-state index contributed by atoms with van der Waals surface area (Å²) in [4.78, 5) is 29.6. The van der Waals surface area contributed by atoms with E-state index in [2.05, 4.69) is 15.5 Å². The number of aryl methyl sites for hydroxylation is 1. The van der Waals surface area contributed by atoms with Gasteiger partial charge in [-0.1, -0.05) is 41.0 Å². The van der Waals surface area contributed by atoms with E-state index in [1.807, 2.05) is 31.2 Å². The molecule has 0 bridgehead atoms. The SMILES string of the molecule is Cc1ccccc1-c1noc(-c2cccn(CC(=O)Nc3ccc(Cl)cc3)c2=O)n1. The van der Waals surface area contributed by atoms with E-state index in [1.165, 1.54) is 10.8 Å². The van der Waals surface area contributed by atoms with E-state index in [4.69, 9.17) is 16.1 Å². The number of hydrogen-bond donors (Lipinski definition) is 1. The molecule has 0 unspecified atom stereocenters. The number of carbonyl (C=O) groups excluding carboxylic acids is 1. The van der Waals surface area contributed by atoms with Gasteiger partial charge in [-0.3, -0.25) is 9.59 Å². The average Bonchev–Trinajstić information content (AvgIpc) is 3.21. The summed E-state index contributed by atoms with van der Waals surface area (Å²) in [5.41, 5.74) is 2.24. The van der Waals surface area contributed by atoms with Crippen LogP contribution in [0, 0.1) is 6.92 Å². The lowest BCUT2D eigenvalue weighted by molar-refractivity contribution is -0.116. The van der Waals surface area contributed by atoms with Gasteiger partial charge in [-0.15, -0.1) is 0 Å². The quantitative estimate of drug-likeness (QED) is 0.523. The first-order chi connectivity index (χ1) is 14.5. The van der Waals surface area contributed by atoms with Crippen LogP contribution in [-0.4, -0.2) is 20.6 Å². The van der Waals surface area contributed by atoms with Crippen LogP contribution in [-0.2, 0) is 11.3 Å². The minimum absolute atomic E-state index is 0.103. The number of hydrogen-bond acceptors (Lipinski definition) is 5. The Hall–Kier alpha value is -3.71. The van der Waals surface area contributed by atoms with E-state index in [1.54, 1.807) is 36.4 Å². The maximum absolute atomic E-state index is 12.9. The first-order valence-corrected chi connectivity index (χ1v) is 9.54. The minimum Gasteiger partial charge on any atom is -0.333 e. The van der Waals surface area contributed by atoms with E-state index < -0.39 is 5.56 Å². The van der Waals surface area contributed by atoms with E-state index in [-0.39, 0.29) is 23.9 Å². The Morgan fingerprint density at radius 3 is 2.57 bits per heavy atom. The van der Waals surface area contributed by atoms with Gasteiger partial charge in [-0.25, -0.2) is 0 Å². The Labute approximate surface area is 176 Å². The fourth-order valence-corrected chi connectivity index (χ4v) is 3.10. The number of carbonyl (C=O) groups is 1. The zero-order chi connectivity index (χ0) is 21.1. The van der Waals surface area contributed by atoms with Crippen LogP contribution in [0.15, 0.2) is 76.2 Å². The standard InChI is InChI=1S/C22H17ClN4O3/c1-14-5-2-3-6-17(14)20-25-21(30-26-20)18-7-4-12-27(22(18)29)13-19(28)24-16-10-8-15(23)9-11-16/h2-12H,13H2,1H3,(H,24,28). The van der Waals surface area contributed by atoms with Crippen molar-refractivity contribution >= 4 is 23.2 Å². The number of aromatic nitrogens is 3. The fraction of sp³-hybridized carbons (Fsp3) is 0.0909. The monoisotopic (exact) mass is 420 g/mol. The highest BCUT2D eigenvalue weighted by atomic mass is 35.5. The van der Waals surface area contributed by atoms with Crippen LogP contribution in [0.4, 0.5) is 5.69 Å². The molecule has 150 valence electrons. The molecule has 0 radical (unpaired) electrons. The molecule has 0 aliphatic rings. The highest BCUT2D eigenvalue weighted by molar-refractivity contribution is 6.30. The van der Waals surface area contributed by atoms with Crippen molar-refractivity contribution in [2.45, 2.75) is 13.5 Å². The number of anilines is 1. The second-order valence-electron chi connectivity index (χ2n) is 6.65. The van der Waals surface area contributed by atoms with Gasteiger partial charge in [-0.05, 0) is 48.9 Å². The van der Waals surface area contributed by atoms with Gasteiger partial charge in [0.25, 0.3) is 11.4 Å². The van der Waals surface area contributed by atoms with Crippen LogP contribution in [0.3, 0.4) is 0 Å². The lowest BCUT2D eigenvalue weighted by Crippen LogP contribution is -2.28. The predicted octanol–water partition coefficient (Wildman–Crippen LogP) is 4.17. The van der Waals surface area contributed by atoms with Crippen molar-refractivity contribution in [2.24, 2.45) is 0 Å². The molecule has 30 heavy (non-hydrogen) atoms. The Morgan fingerprint density at radius 1 is 1.07 bits per heavy atom. The molecule has 2 aromatic heterocycles. The van der Waals surface area contributed by atoms with Crippen molar-refractivity contribution in [3.8, 4) is 22.8 Å². The minimum atomic E-state index is -0.399. The first-order valence-electron chi connectivity index (χ1n) is 9.16. The summed E-state index contributed by atoms with van der Waals surface area (Å²) in [5.74, 6) is 0.159. The molecular formula is C22H17ClN4O3. The van der Waals surface area contributed by atoms with Gasteiger partial charge >= 0.3 is 0 Å². The van der Waals surface area contributed by atoms with Crippen molar-refractivity contribution in [3.05, 3.63) is 87.8 Å². The van der Waals surface area contributed by atoms with Crippen molar-refractivity contribution < 1.29 is 9.32 Å². The molecule has 0 aliphatic carbocycles. The van der Waals surface area contributed by atoms with Crippen molar-refractivity contribution in [2.75, 3.05) is 5.32 Å². The molecule has 4 aromatic rings. The third-order valence-corrected chi connectivity index (χ3v) is 4.76. The molecule has 0 saturated heterocycles. The smallest absolute Gasteiger partial charge is 0.263 e. The molecule has 2 heterocycles. The van der Waals surface area contributed by atoms with Gasteiger partial charge in [0.05, 0.1) is 0 Å². The summed E-state index contributed by atoms with van der Waals surface area (Å²) in [5, 5.41) is 7.29. The number of benzene rings is 2. The summed E-state index contributed by atoms with van der Waals surface area (Å²) >= 11 is 5.85. The van der Waals surface area contributed by atoms with Gasteiger partial charge in [0.1, 0.15) is 12.1 Å². The van der Waals surface area contributed by atoms with Crippen LogP contribution < -0.4 is 10.9 Å². The lowest BCUT2D eigenvalue weighted by Gasteiger charge is -2.08. The molecule has 0 atom stereocenters. The van der Waals surface area contributed by atoms with Crippen LogP contribution in [0.2, 0.25) is 5.02 Å². The Kier molecular flexibility index (Phi) is 5.45. The zero-order valence-electron chi connectivity index (χ0n) is 16.0. The van der Waals surface area contributed by atoms with E-state index in [9.17, 15) is 9.59 Å². The largest absolute Gasteiger partial charge is 0.333 e. The second kappa shape index (κ2) is 8.34. The molecule has 1 amide bonds. The number of halogens is 1. The maximum Gasteiger partial charge on any atom is 0.263 e. The topological polar surface area (TPSA) is 90.0 Å². The fourth-order valence-electron chi connectivity index (χ4n) is 2.98. The number of nitrogens with one attached hydrogen (secondary N) is 1. The van der Waals surface area contributed by atoms with Gasteiger partial charge in [-0.2, -0.15) is 4.98 Å². The zero-order valence-corrected chi connectivity index (χ0v) is 16.8. The van der Waals surface area contributed by atoms with E-state index >= 15 is 0 Å². The predicted molar refractivity (Wildman–Crippen MR) is 114 cm³/mol. The van der Waals surface area contributed by atoms with Crippen molar-refractivity contribution in [1.82, 2.24) is 14.7 Å². The summed E-state index contributed by atoms with van der Waals surface area (Å²) in [6.45, 7) is 1.79. The van der Waals surface area contributed by atoms with Crippen LogP contribution >= 0.6 is 11.6 Å². The van der Waals surface area contributed by atoms with Gasteiger partial charge < -0.3 is 14.4 Å². The van der Waals surface area contributed by atoms with Gasteiger partial charge in [0.15, 0.2) is 0 Å². The number of nitrogens with zero attached hydrogens (tertiary/aromatic N) is 3. The molecule has 7 nitrogen and oxygen atoms in total. The van der Waals surface area contributed by atoms with Gasteiger partial charge in [0.2, 0.25) is 11.7 Å². The maximum atomic E-state index is 12.9. The van der Waals surface area contributed by atoms with E-state index in [0.717, 1.165) is 11.1 Å². The van der Waals surface area contributed by atoms with Crippen LogP contribution in [0.25, 0.3) is 22.8 Å². The molecular weight excluding hydrogens is 404 g/mol. The molecule has 0 saturated carbocycles. The van der Waals surface area contributed by atoms with Gasteiger partial charge in [0, 0.05) is 22.5 Å². The molecule has 2 aromatic carbocycles. The Balaban J connectivity index is 1.56. The molecule has 0 fully saturated rings. The highest BCUT2D eigenvalue weighted by Crippen LogP contribution is 2.22. The normalized spacial score (nSPS) is 10.7. The average molecular weight is 421 g/mol. The lowest BCUT2D eigenvalue weighted by atomic mass is 10.1. The van der Waals surface area contributed by atoms with Crippen molar-refractivity contribution in [3.63, 3.8) is 0 Å². The molecule has 0 aliphatic heterocycles. The third kappa shape index (κ3) is 4.16. The first kappa shape index (κ1) is 19.6. The number of rotatable bonds is 5. The summed E-state index contributed by atoms with van der Waals surface area (Å²) in [6, 6.07) is 17.6. The van der Waals surface area contributed by atoms with Crippen LogP contribution in [0.1, 0.15) is 5.56 Å². The van der Waals surface area contributed by atoms with Crippen LogP contribution in [0.5, 0.6) is 0 Å². The molecule has 1 N–H and O–H groups in total. The summed E-state index contributed by atoms with van der Waals surface area (Å²) in [7, 11) is 0. The Morgan fingerprint density at radius 2 is 1.80 bits per heavy atom. The van der Waals surface area contributed by atoms with E-state index in [0.29, 0.717) is 16.5 Å². The number of amides is 1. The summed E-state index contributed by atoms with van der Waals surface area (Å²) in [6.07, 6.45) is 1.53. The Bertz CT molecular complexity index is 1260. The second-order valence-corrected chi connectivity index (χ2v) is 7.08. The summed E-state index contributed by atoms with van der Waals surface area (Å²) < 4.78 is 6.61. The molecule has 0 spiro atoms. The highest BCUT2D eigenvalue weighted by Gasteiger charge is 2.16.